The number of ether oxygens (including phenoxy) is 1. The summed E-state index contributed by atoms with van der Waals surface area (Å²) in [5, 5.41) is 6.10. The second-order valence-corrected chi connectivity index (χ2v) is 10.2. The summed E-state index contributed by atoms with van der Waals surface area (Å²) in [6, 6.07) is 12.9. The van der Waals surface area contributed by atoms with Crippen LogP contribution in [0.5, 0.6) is 5.75 Å². The fraction of sp³-hybridized carbons (Fsp3) is 0.190. The van der Waals surface area contributed by atoms with Crippen LogP contribution in [0.1, 0.15) is 19.8 Å². The van der Waals surface area contributed by atoms with Crippen LogP contribution in [0, 0.1) is 0 Å². The van der Waals surface area contributed by atoms with Gasteiger partial charge in [-0.05, 0) is 72.6 Å². The number of thiocarbonyl (C=S) groups is 1. The minimum absolute atomic E-state index is 0. The average molecular weight is 587 g/mol. The van der Waals surface area contributed by atoms with E-state index in [0.717, 1.165) is 24.7 Å². The van der Waals surface area contributed by atoms with Gasteiger partial charge in [-0.25, -0.2) is 16.8 Å². The van der Waals surface area contributed by atoms with Gasteiger partial charge in [0, 0.05) is 16.8 Å². The molecule has 0 aliphatic carbocycles. The fourth-order valence-electron chi connectivity index (χ4n) is 2.99. The van der Waals surface area contributed by atoms with Crippen molar-refractivity contribution in [3.05, 3.63) is 54.6 Å². The molecule has 0 spiro atoms. The monoisotopic (exact) mass is 586 g/mol. The Balaban J connectivity index is 0.00000306. The van der Waals surface area contributed by atoms with Crippen LogP contribution in [0.15, 0.2) is 64.4 Å². The Morgan fingerprint density at radius 2 is 1.49 bits per heavy atom. The first-order valence-electron chi connectivity index (χ1n) is 9.78. The van der Waals surface area contributed by atoms with E-state index in [1.807, 2.05) is 0 Å². The van der Waals surface area contributed by atoms with Crippen LogP contribution in [-0.4, -0.2) is 37.7 Å². The zero-order valence-electron chi connectivity index (χ0n) is 19.4. The molecule has 0 fully saturated rings. The van der Waals surface area contributed by atoms with E-state index in [2.05, 4.69) is 17.6 Å². The largest absolute Gasteiger partial charge is 1.00 e. The summed E-state index contributed by atoms with van der Waals surface area (Å²) < 4.78 is 74.7. The molecule has 176 valence electrons. The van der Waals surface area contributed by atoms with Crippen molar-refractivity contribution in [2.45, 2.75) is 29.6 Å². The van der Waals surface area contributed by atoms with Crippen molar-refractivity contribution < 1.29 is 133 Å². The molecule has 0 saturated carbocycles. The van der Waals surface area contributed by atoms with Gasteiger partial charge in [0.15, 0.2) is 5.11 Å². The van der Waals surface area contributed by atoms with Gasteiger partial charge < -0.3 is 24.5 Å². The van der Waals surface area contributed by atoms with Crippen molar-refractivity contribution in [2.75, 3.05) is 17.2 Å². The maximum atomic E-state index is 11.7. The van der Waals surface area contributed by atoms with Gasteiger partial charge in [-0.3, -0.25) is 0 Å². The SMILES string of the molecule is CCCCOc1ccc(NC(=S)Nc2ccc3cc(S(=O)(=O)[O-])cc(S(=O)(=O)[O-])c3c2)cc1.[K+].[K+]. The normalized spacial score (nSPS) is 11.2. The van der Waals surface area contributed by atoms with Crippen LogP contribution in [0.2, 0.25) is 0 Å². The number of rotatable bonds is 8. The Bertz CT molecular complexity index is 1400. The Kier molecular flexibility index (Phi) is 14.0. The van der Waals surface area contributed by atoms with E-state index in [1.54, 1.807) is 24.3 Å². The number of nitrogens with one attached hydrogen (secondary N) is 2. The second kappa shape index (κ2) is 14.6. The van der Waals surface area contributed by atoms with Gasteiger partial charge in [-0.15, -0.1) is 0 Å². The molecule has 0 aliphatic rings. The fourth-order valence-corrected chi connectivity index (χ4v) is 4.55. The van der Waals surface area contributed by atoms with Crippen LogP contribution < -0.4 is 118 Å². The van der Waals surface area contributed by atoms with Crippen LogP contribution in [0.25, 0.3) is 10.8 Å². The number of unbranched alkanes of at least 4 members (excludes halogenated alkanes) is 1. The molecule has 0 amide bonds. The summed E-state index contributed by atoms with van der Waals surface area (Å²) in [6.45, 7) is 2.71. The topological polar surface area (TPSA) is 148 Å². The maximum absolute atomic E-state index is 11.7. The molecule has 0 atom stereocenters. The van der Waals surface area contributed by atoms with Gasteiger partial charge in [-0.1, -0.05) is 19.4 Å². The van der Waals surface area contributed by atoms with Gasteiger partial charge in [0.25, 0.3) is 0 Å². The number of hydrogen-bond acceptors (Lipinski definition) is 8. The first-order chi connectivity index (χ1) is 15.5. The van der Waals surface area contributed by atoms with Crippen LogP contribution in [-0.2, 0) is 20.2 Å². The summed E-state index contributed by atoms with van der Waals surface area (Å²) >= 11 is 5.28. The molecule has 0 unspecified atom stereocenters. The first kappa shape index (κ1) is 33.5. The molecule has 0 heterocycles. The summed E-state index contributed by atoms with van der Waals surface area (Å²) in [7, 11) is -10.0. The van der Waals surface area contributed by atoms with Crippen LogP contribution in [0.3, 0.4) is 0 Å². The number of fused-ring (bicyclic) bond motifs is 1. The van der Waals surface area contributed by atoms with Gasteiger partial charge in [0.2, 0.25) is 0 Å². The molecule has 3 aromatic carbocycles. The van der Waals surface area contributed by atoms with Crippen LogP contribution in [0.4, 0.5) is 11.4 Å². The van der Waals surface area contributed by atoms with Crippen LogP contribution >= 0.6 is 12.2 Å². The molecule has 3 aromatic rings. The van der Waals surface area contributed by atoms with Gasteiger partial charge in [-0.2, -0.15) is 0 Å². The van der Waals surface area contributed by atoms with Crippen molar-refractivity contribution in [1.29, 1.82) is 0 Å². The summed E-state index contributed by atoms with van der Waals surface area (Å²) in [4.78, 5) is -1.61. The summed E-state index contributed by atoms with van der Waals surface area (Å²) in [5.41, 5.74) is 1.03. The second-order valence-electron chi connectivity index (χ2n) is 7.07. The number of anilines is 2. The van der Waals surface area contributed by atoms with E-state index in [9.17, 15) is 25.9 Å². The number of hydrogen-bond donors (Lipinski definition) is 2. The third-order valence-electron chi connectivity index (χ3n) is 4.58. The van der Waals surface area contributed by atoms with Crippen molar-refractivity contribution >= 4 is 59.7 Å². The summed E-state index contributed by atoms with van der Waals surface area (Å²) in [5.74, 6) is 0.730. The van der Waals surface area contributed by atoms with Crippen molar-refractivity contribution in [2.24, 2.45) is 0 Å². The molecular formula is C21H20K2N2O7S3. The molecule has 14 heteroatoms. The van der Waals surface area contributed by atoms with E-state index in [1.165, 1.54) is 18.2 Å². The molecule has 0 saturated heterocycles. The molecule has 3 rings (SSSR count). The first-order valence-corrected chi connectivity index (χ1v) is 13.0. The van der Waals surface area contributed by atoms with E-state index in [0.29, 0.717) is 24.0 Å². The molecule has 35 heavy (non-hydrogen) atoms. The zero-order chi connectivity index (χ0) is 24.2. The van der Waals surface area contributed by atoms with E-state index in [4.69, 9.17) is 17.0 Å². The Labute approximate surface area is 295 Å². The molecule has 0 aliphatic heterocycles. The van der Waals surface area contributed by atoms with Crippen molar-refractivity contribution in [1.82, 2.24) is 0 Å². The van der Waals surface area contributed by atoms with Crippen molar-refractivity contribution in [3.63, 3.8) is 0 Å². The Morgan fingerprint density at radius 3 is 2.06 bits per heavy atom. The van der Waals surface area contributed by atoms with Crippen molar-refractivity contribution in [3.8, 4) is 5.75 Å². The molecule has 0 aromatic heterocycles. The molecule has 0 bridgehead atoms. The smallest absolute Gasteiger partial charge is 0.744 e. The molecular weight excluding hydrogens is 567 g/mol. The quantitative estimate of drug-likeness (QED) is 0.127. The van der Waals surface area contributed by atoms with Gasteiger partial charge in [0.05, 0.1) is 16.4 Å². The minimum atomic E-state index is -5.06. The predicted molar refractivity (Wildman–Crippen MR) is 127 cm³/mol. The predicted octanol–water partition coefficient (Wildman–Crippen LogP) is -2.36. The minimum Gasteiger partial charge on any atom is -0.744 e. The zero-order valence-corrected chi connectivity index (χ0v) is 28.1. The van der Waals surface area contributed by atoms with Gasteiger partial charge in [0.1, 0.15) is 26.0 Å². The van der Waals surface area contributed by atoms with Gasteiger partial charge >= 0.3 is 103 Å². The number of benzene rings is 3. The molecule has 2 N–H and O–H groups in total. The van der Waals surface area contributed by atoms with E-state index < -0.39 is 30.0 Å². The maximum Gasteiger partial charge on any atom is 1.00 e. The Hall–Kier alpha value is 0.503. The Morgan fingerprint density at radius 1 is 0.886 bits per heavy atom. The average Bonchev–Trinajstić information content (AvgIpc) is 2.73. The third-order valence-corrected chi connectivity index (χ3v) is 6.48. The van der Waals surface area contributed by atoms with E-state index >= 15 is 0 Å². The summed E-state index contributed by atoms with van der Waals surface area (Å²) in [6.07, 6.45) is 2.00. The van der Waals surface area contributed by atoms with E-state index in [-0.39, 0.29) is 119 Å². The molecule has 0 radical (unpaired) electrons. The molecule has 9 nitrogen and oxygen atoms in total. The standard InChI is InChI=1S/C21H22N2O7S3.2K/c1-2-3-10-30-17-8-6-15(7-9-17)22-21(31)23-16-5-4-14-11-18(32(24,25)26)13-20(19(14)12-16)33(27,28)29;;/h4-9,11-13H,2-3,10H2,1H3,(H2,22,23,31)(H,24,25,26)(H,27,28,29);;/q;2*+1/p-2. The third kappa shape index (κ3) is 9.96.